The average molecular weight is 339 g/mol. The highest BCUT2D eigenvalue weighted by molar-refractivity contribution is 6.31. The lowest BCUT2D eigenvalue weighted by Gasteiger charge is -2.09. The van der Waals surface area contributed by atoms with Gasteiger partial charge in [-0.3, -0.25) is 19.6 Å². The number of carbonyl (C=O) groups excluding carboxylic acids is 1. The van der Waals surface area contributed by atoms with Crippen LogP contribution in [0.15, 0.2) is 24.4 Å². The van der Waals surface area contributed by atoms with Crippen LogP contribution in [0.1, 0.15) is 12.6 Å². The van der Waals surface area contributed by atoms with Crippen molar-refractivity contribution >= 4 is 28.9 Å². The molecule has 0 aliphatic carbocycles. The molecule has 8 nitrogen and oxygen atoms in total. The third kappa shape index (κ3) is 3.98. The Morgan fingerprint density at radius 1 is 1.52 bits per heavy atom. The first kappa shape index (κ1) is 16.8. The van der Waals surface area contributed by atoms with Crippen molar-refractivity contribution in [2.24, 2.45) is 0 Å². The second-order valence-corrected chi connectivity index (χ2v) is 5.06. The van der Waals surface area contributed by atoms with Crippen molar-refractivity contribution in [3.8, 4) is 5.75 Å². The quantitative estimate of drug-likeness (QED) is 0.645. The summed E-state index contributed by atoms with van der Waals surface area (Å²) in [5.74, 6) is -0.0768. The van der Waals surface area contributed by atoms with E-state index in [0.29, 0.717) is 23.1 Å². The zero-order chi connectivity index (χ0) is 17.0. The Kier molecular flexibility index (Phi) is 5.17. The highest BCUT2D eigenvalue weighted by atomic mass is 35.5. The van der Waals surface area contributed by atoms with E-state index >= 15 is 0 Å². The van der Waals surface area contributed by atoms with Crippen LogP contribution in [0.25, 0.3) is 0 Å². The van der Waals surface area contributed by atoms with Gasteiger partial charge >= 0.3 is 0 Å². The summed E-state index contributed by atoms with van der Waals surface area (Å²) in [5.41, 5.74) is 0.502. The molecule has 1 aromatic carbocycles. The van der Waals surface area contributed by atoms with E-state index in [1.165, 1.54) is 23.0 Å². The zero-order valence-corrected chi connectivity index (χ0v) is 13.3. The molecule has 0 radical (unpaired) electrons. The second kappa shape index (κ2) is 7.10. The van der Waals surface area contributed by atoms with Crippen molar-refractivity contribution in [3.63, 3.8) is 0 Å². The number of nitrogens with one attached hydrogen (secondary N) is 1. The smallest absolute Gasteiger partial charge is 0.296 e. The van der Waals surface area contributed by atoms with E-state index in [-0.39, 0.29) is 17.9 Å². The molecule has 23 heavy (non-hydrogen) atoms. The molecule has 0 spiro atoms. The third-order valence-electron chi connectivity index (χ3n) is 3.09. The minimum absolute atomic E-state index is 0.0943. The van der Waals surface area contributed by atoms with Crippen LogP contribution in [0, 0.1) is 17.0 Å². The zero-order valence-electron chi connectivity index (χ0n) is 12.6. The van der Waals surface area contributed by atoms with E-state index in [2.05, 4.69) is 10.4 Å². The van der Waals surface area contributed by atoms with Crippen LogP contribution in [0.2, 0.25) is 5.02 Å². The van der Waals surface area contributed by atoms with Gasteiger partial charge < -0.3 is 10.1 Å². The monoisotopic (exact) mass is 338 g/mol. The maximum Gasteiger partial charge on any atom is 0.296 e. The summed E-state index contributed by atoms with van der Waals surface area (Å²) in [7, 11) is 0. The number of hydrogen-bond acceptors (Lipinski definition) is 5. The fourth-order valence-electron chi connectivity index (χ4n) is 1.93. The third-order valence-corrected chi connectivity index (χ3v) is 3.46. The number of amides is 1. The molecule has 0 aliphatic heterocycles. The van der Waals surface area contributed by atoms with Gasteiger partial charge in [0.05, 0.1) is 34.5 Å². The number of halogens is 1. The first-order valence-electron chi connectivity index (χ1n) is 6.81. The van der Waals surface area contributed by atoms with Crippen molar-refractivity contribution in [2.75, 3.05) is 11.9 Å². The molecule has 0 aliphatic rings. The van der Waals surface area contributed by atoms with Gasteiger partial charge in [-0.2, -0.15) is 5.10 Å². The molecule has 9 heteroatoms. The van der Waals surface area contributed by atoms with E-state index in [1.807, 2.05) is 0 Å². The van der Waals surface area contributed by atoms with Gasteiger partial charge in [-0.05, 0) is 26.0 Å². The van der Waals surface area contributed by atoms with Crippen molar-refractivity contribution in [2.45, 2.75) is 20.4 Å². The van der Waals surface area contributed by atoms with Gasteiger partial charge in [-0.25, -0.2) is 0 Å². The molecule has 1 amide bonds. The van der Waals surface area contributed by atoms with Crippen LogP contribution >= 0.6 is 11.6 Å². The number of carbonyl (C=O) groups is 1. The van der Waals surface area contributed by atoms with Crippen molar-refractivity contribution in [1.29, 1.82) is 0 Å². The van der Waals surface area contributed by atoms with Gasteiger partial charge in [0, 0.05) is 0 Å². The molecular formula is C14H15ClN4O4. The molecule has 0 unspecified atom stereocenters. The van der Waals surface area contributed by atoms with Gasteiger partial charge in [0.15, 0.2) is 0 Å². The maximum absolute atomic E-state index is 12.1. The molecular weight excluding hydrogens is 324 g/mol. The molecule has 122 valence electrons. The molecule has 1 aromatic heterocycles. The van der Waals surface area contributed by atoms with Gasteiger partial charge in [-0.15, -0.1) is 0 Å². The van der Waals surface area contributed by atoms with Crippen molar-refractivity contribution in [3.05, 3.63) is 45.2 Å². The number of rotatable bonds is 6. The first-order chi connectivity index (χ1) is 10.9. The van der Waals surface area contributed by atoms with Gasteiger partial charge in [-0.1, -0.05) is 11.6 Å². The molecule has 0 saturated heterocycles. The Labute approximate surface area is 137 Å². The molecule has 2 aromatic rings. The minimum atomic E-state index is -0.575. The number of nitro benzene ring substituents is 1. The maximum atomic E-state index is 12.1. The number of nitro groups is 1. The lowest BCUT2D eigenvalue weighted by molar-refractivity contribution is -0.384. The van der Waals surface area contributed by atoms with Crippen molar-refractivity contribution in [1.82, 2.24) is 9.78 Å². The van der Waals surface area contributed by atoms with Crippen LogP contribution in [0.4, 0.5) is 11.4 Å². The predicted molar refractivity (Wildman–Crippen MR) is 84.9 cm³/mol. The summed E-state index contributed by atoms with van der Waals surface area (Å²) in [4.78, 5) is 22.6. The minimum Gasteiger partial charge on any atom is -0.494 e. The summed E-state index contributed by atoms with van der Waals surface area (Å²) in [6, 6.07) is 4.27. The molecule has 0 atom stereocenters. The van der Waals surface area contributed by atoms with Crippen LogP contribution in [-0.2, 0) is 11.3 Å². The Morgan fingerprint density at radius 3 is 2.83 bits per heavy atom. The number of benzene rings is 1. The lowest BCUT2D eigenvalue weighted by Crippen LogP contribution is -2.20. The van der Waals surface area contributed by atoms with Gasteiger partial charge in [0.25, 0.3) is 5.69 Å². The first-order valence-corrected chi connectivity index (χ1v) is 7.19. The Balaban J connectivity index is 2.17. The Bertz CT molecular complexity index is 744. The number of aromatic nitrogens is 2. The number of ether oxygens (including phenoxy) is 1. The van der Waals surface area contributed by atoms with E-state index in [9.17, 15) is 14.9 Å². The summed E-state index contributed by atoms with van der Waals surface area (Å²) < 4.78 is 6.64. The summed E-state index contributed by atoms with van der Waals surface area (Å²) in [6.45, 7) is 3.80. The molecule has 0 fully saturated rings. The van der Waals surface area contributed by atoms with Crippen molar-refractivity contribution < 1.29 is 14.5 Å². The fraction of sp³-hybridized carbons (Fsp3) is 0.286. The summed E-state index contributed by atoms with van der Waals surface area (Å²) in [6.07, 6.45) is 1.43. The van der Waals surface area contributed by atoms with E-state index in [1.54, 1.807) is 19.9 Å². The van der Waals surface area contributed by atoms with E-state index in [0.717, 1.165) is 0 Å². The number of anilines is 1. The molecule has 2 rings (SSSR count). The van der Waals surface area contributed by atoms with E-state index < -0.39 is 10.8 Å². The Hall–Kier alpha value is -2.61. The highest BCUT2D eigenvalue weighted by Crippen LogP contribution is 2.29. The van der Waals surface area contributed by atoms with E-state index in [4.69, 9.17) is 16.3 Å². The summed E-state index contributed by atoms with van der Waals surface area (Å²) >= 11 is 5.87. The standard InChI is InChI=1S/C14H15ClN4O4/c1-3-23-10-4-5-12(13(6-10)19(21)22)17-14(20)8-18-9(2)11(15)7-16-18/h4-7H,3,8H2,1-2H3,(H,17,20). The number of nitrogens with zero attached hydrogens (tertiary/aromatic N) is 3. The molecule has 1 N–H and O–H groups in total. The van der Waals surface area contributed by atoms with Crippen LogP contribution in [-0.4, -0.2) is 27.2 Å². The fourth-order valence-corrected chi connectivity index (χ4v) is 2.07. The largest absolute Gasteiger partial charge is 0.494 e. The Morgan fingerprint density at radius 2 is 2.26 bits per heavy atom. The SMILES string of the molecule is CCOc1ccc(NC(=O)Cn2ncc(Cl)c2C)c([N+](=O)[O-])c1. The second-order valence-electron chi connectivity index (χ2n) is 4.65. The van der Waals surface area contributed by atoms with Crippen LogP contribution in [0.3, 0.4) is 0 Å². The van der Waals surface area contributed by atoms with Crippen LogP contribution in [0.5, 0.6) is 5.75 Å². The molecule has 0 bridgehead atoms. The topological polar surface area (TPSA) is 99.3 Å². The molecule has 1 heterocycles. The predicted octanol–water partition coefficient (Wildman–Crippen LogP) is 2.79. The summed E-state index contributed by atoms with van der Waals surface area (Å²) in [5, 5.41) is 18.1. The van der Waals surface area contributed by atoms with Gasteiger partial charge in [0.2, 0.25) is 5.91 Å². The highest BCUT2D eigenvalue weighted by Gasteiger charge is 2.18. The number of hydrogen-bond donors (Lipinski definition) is 1. The molecule has 0 saturated carbocycles. The van der Waals surface area contributed by atoms with Crippen LogP contribution < -0.4 is 10.1 Å². The average Bonchev–Trinajstić information content (AvgIpc) is 2.81. The van der Waals surface area contributed by atoms with Gasteiger partial charge in [0.1, 0.15) is 18.0 Å². The lowest BCUT2D eigenvalue weighted by atomic mass is 10.2. The normalized spacial score (nSPS) is 10.4.